The molecule has 0 bridgehead atoms. The van der Waals surface area contributed by atoms with Gasteiger partial charge in [-0.15, -0.1) is 0 Å². The van der Waals surface area contributed by atoms with Crippen LogP contribution in [0.4, 0.5) is 14.5 Å². The molecule has 1 saturated heterocycles. The highest BCUT2D eigenvalue weighted by molar-refractivity contribution is 6.08. The van der Waals surface area contributed by atoms with Gasteiger partial charge in [0.1, 0.15) is 6.54 Å². The van der Waals surface area contributed by atoms with Gasteiger partial charge < -0.3 is 10.6 Å². The average Bonchev–Trinajstić information content (AvgIpc) is 2.88. The SMILES string of the molecule is O=C(CN1C(=O)CC2(CCCCC2)C1=O)NCC(=O)Nc1ccc(F)c(F)c1. The lowest BCUT2D eigenvalue weighted by Crippen LogP contribution is -2.44. The van der Waals surface area contributed by atoms with Crippen molar-refractivity contribution in [3.63, 3.8) is 0 Å². The van der Waals surface area contributed by atoms with E-state index in [1.807, 2.05) is 0 Å². The molecule has 1 aromatic carbocycles. The number of likely N-dealkylation sites (tertiary alicyclic amines) is 1. The van der Waals surface area contributed by atoms with Crippen LogP contribution >= 0.6 is 0 Å². The smallest absolute Gasteiger partial charge is 0.243 e. The maximum Gasteiger partial charge on any atom is 0.243 e. The largest absolute Gasteiger partial charge is 0.345 e. The summed E-state index contributed by atoms with van der Waals surface area (Å²) in [5, 5.41) is 4.64. The Labute approximate surface area is 160 Å². The lowest BCUT2D eigenvalue weighted by atomic mass is 9.73. The molecule has 150 valence electrons. The normalized spacial score (nSPS) is 18.4. The van der Waals surface area contributed by atoms with E-state index < -0.39 is 42.0 Å². The second kappa shape index (κ2) is 8.04. The van der Waals surface area contributed by atoms with E-state index in [4.69, 9.17) is 0 Å². The molecule has 2 N–H and O–H groups in total. The predicted octanol–water partition coefficient (Wildman–Crippen LogP) is 1.73. The summed E-state index contributed by atoms with van der Waals surface area (Å²) in [5.74, 6) is -4.12. The summed E-state index contributed by atoms with van der Waals surface area (Å²) < 4.78 is 26.0. The van der Waals surface area contributed by atoms with Crippen molar-refractivity contribution in [3.05, 3.63) is 29.8 Å². The molecule has 1 aromatic rings. The molecule has 1 spiro atoms. The van der Waals surface area contributed by atoms with Gasteiger partial charge in [0.05, 0.1) is 12.0 Å². The minimum absolute atomic E-state index is 0.0438. The number of imide groups is 1. The zero-order chi connectivity index (χ0) is 20.3. The Morgan fingerprint density at radius 1 is 1.04 bits per heavy atom. The van der Waals surface area contributed by atoms with E-state index >= 15 is 0 Å². The molecule has 0 radical (unpaired) electrons. The van der Waals surface area contributed by atoms with Crippen LogP contribution in [0.2, 0.25) is 0 Å². The van der Waals surface area contributed by atoms with Crippen LogP contribution in [0.1, 0.15) is 38.5 Å². The monoisotopic (exact) mass is 393 g/mol. The predicted molar refractivity (Wildman–Crippen MR) is 94.9 cm³/mol. The Balaban J connectivity index is 1.50. The summed E-state index contributed by atoms with van der Waals surface area (Å²) in [6.07, 6.45) is 4.28. The molecule has 1 aliphatic carbocycles. The van der Waals surface area contributed by atoms with Crippen LogP contribution < -0.4 is 10.6 Å². The van der Waals surface area contributed by atoms with Crippen molar-refractivity contribution in [2.45, 2.75) is 38.5 Å². The standard InChI is InChI=1S/C19H21F2N3O4/c20-13-5-4-12(8-14(13)21)23-15(25)10-22-16(26)11-24-17(27)9-19(18(24)28)6-2-1-3-7-19/h4-5,8H,1-3,6-7,9-11H2,(H,22,26)(H,23,25). The second-order valence-electron chi connectivity index (χ2n) is 7.26. The number of hydrogen-bond donors (Lipinski definition) is 2. The maximum atomic E-state index is 13.1. The first kappa shape index (κ1) is 19.9. The van der Waals surface area contributed by atoms with Crippen molar-refractivity contribution in [2.24, 2.45) is 5.41 Å². The number of carbonyl (C=O) groups excluding carboxylic acids is 4. The molecular formula is C19H21F2N3O4. The van der Waals surface area contributed by atoms with Crippen molar-refractivity contribution in [1.29, 1.82) is 0 Å². The molecule has 4 amide bonds. The molecular weight excluding hydrogens is 372 g/mol. The van der Waals surface area contributed by atoms with E-state index in [1.54, 1.807) is 0 Å². The van der Waals surface area contributed by atoms with E-state index in [9.17, 15) is 28.0 Å². The third kappa shape index (κ3) is 4.18. The Kier molecular flexibility index (Phi) is 5.71. The minimum atomic E-state index is -1.11. The summed E-state index contributed by atoms with van der Waals surface area (Å²) >= 11 is 0. The lowest BCUT2D eigenvalue weighted by molar-refractivity contribution is -0.145. The molecule has 1 saturated carbocycles. The Hall–Kier alpha value is -2.84. The number of rotatable bonds is 5. The van der Waals surface area contributed by atoms with E-state index in [0.717, 1.165) is 36.3 Å². The quantitative estimate of drug-likeness (QED) is 0.745. The van der Waals surface area contributed by atoms with Crippen molar-refractivity contribution in [1.82, 2.24) is 10.2 Å². The Morgan fingerprint density at radius 2 is 1.75 bits per heavy atom. The minimum Gasteiger partial charge on any atom is -0.345 e. The Morgan fingerprint density at radius 3 is 2.43 bits per heavy atom. The van der Waals surface area contributed by atoms with Crippen molar-refractivity contribution >= 4 is 29.3 Å². The van der Waals surface area contributed by atoms with Gasteiger partial charge in [0.2, 0.25) is 23.6 Å². The molecule has 7 nitrogen and oxygen atoms in total. The summed E-state index contributed by atoms with van der Waals surface area (Å²) in [6, 6.07) is 2.87. The molecule has 0 atom stereocenters. The first-order valence-corrected chi connectivity index (χ1v) is 9.17. The Bertz CT molecular complexity index is 821. The zero-order valence-electron chi connectivity index (χ0n) is 15.2. The van der Waals surface area contributed by atoms with Gasteiger partial charge in [0.15, 0.2) is 11.6 Å². The number of halogens is 2. The van der Waals surface area contributed by atoms with E-state index in [1.165, 1.54) is 6.07 Å². The zero-order valence-corrected chi connectivity index (χ0v) is 15.2. The molecule has 1 heterocycles. The molecule has 28 heavy (non-hydrogen) atoms. The molecule has 0 aromatic heterocycles. The van der Waals surface area contributed by atoms with Crippen molar-refractivity contribution < 1.29 is 28.0 Å². The van der Waals surface area contributed by atoms with Crippen molar-refractivity contribution in [2.75, 3.05) is 18.4 Å². The van der Waals surface area contributed by atoms with Crippen LogP contribution in [0, 0.1) is 17.0 Å². The first-order chi connectivity index (χ1) is 13.3. The van der Waals surface area contributed by atoms with Gasteiger partial charge >= 0.3 is 0 Å². The number of nitrogens with zero attached hydrogens (tertiary/aromatic N) is 1. The highest BCUT2D eigenvalue weighted by Gasteiger charge is 2.51. The van der Waals surface area contributed by atoms with Gasteiger partial charge in [-0.2, -0.15) is 0 Å². The van der Waals surface area contributed by atoms with Crippen LogP contribution in [-0.2, 0) is 19.2 Å². The third-order valence-corrected chi connectivity index (χ3v) is 5.25. The maximum absolute atomic E-state index is 13.1. The van der Waals surface area contributed by atoms with E-state index in [-0.39, 0.29) is 23.9 Å². The van der Waals surface area contributed by atoms with E-state index in [2.05, 4.69) is 10.6 Å². The summed E-state index contributed by atoms with van der Waals surface area (Å²) in [7, 11) is 0. The van der Waals surface area contributed by atoms with Crippen LogP contribution in [0.5, 0.6) is 0 Å². The van der Waals surface area contributed by atoms with Gasteiger partial charge in [-0.25, -0.2) is 8.78 Å². The second-order valence-corrected chi connectivity index (χ2v) is 7.26. The van der Waals surface area contributed by atoms with Crippen LogP contribution in [0.3, 0.4) is 0 Å². The van der Waals surface area contributed by atoms with Crippen molar-refractivity contribution in [3.8, 4) is 0 Å². The van der Waals surface area contributed by atoms with Crippen LogP contribution in [-0.4, -0.2) is 41.6 Å². The lowest BCUT2D eigenvalue weighted by Gasteiger charge is -2.30. The fraction of sp³-hybridized carbons (Fsp3) is 0.474. The fourth-order valence-electron chi connectivity index (χ4n) is 3.80. The number of anilines is 1. The van der Waals surface area contributed by atoms with Crippen LogP contribution in [0.25, 0.3) is 0 Å². The average molecular weight is 393 g/mol. The third-order valence-electron chi connectivity index (χ3n) is 5.25. The number of amides is 4. The number of carbonyl (C=O) groups is 4. The first-order valence-electron chi connectivity index (χ1n) is 9.17. The number of hydrogen-bond acceptors (Lipinski definition) is 4. The van der Waals surface area contributed by atoms with Crippen LogP contribution in [0.15, 0.2) is 18.2 Å². The highest BCUT2D eigenvalue weighted by Crippen LogP contribution is 2.45. The molecule has 2 aliphatic rings. The summed E-state index contributed by atoms with van der Waals surface area (Å²) in [6.45, 7) is -0.864. The highest BCUT2D eigenvalue weighted by atomic mass is 19.2. The summed E-state index contributed by atoms with van der Waals surface area (Å²) in [5.41, 5.74) is -0.623. The molecule has 1 aliphatic heterocycles. The molecule has 9 heteroatoms. The fourth-order valence-corrected chi connectivity index (χ4v) is 3.80. The number of benzene rings is 1. The van der Waals surface area contributed by atoms with Gasteiger partial charge in [0, 0.05) is 18.2 Å². The van der Waals surface area contributed by atoms with Gasteiger partial charge in [-0.1, -0.05) is 19.3 Å². The van der Waals surface area contributed by atoms with Gasteiger partial charge in [-0.3, -0.25) is 24.1 Å². The molecule has 2 fully saturated rings. The molecule has 3 rings (SSSR count). The summed E-state index contributed by atoms with van der Waals surface area (Å²) in [4.78, 5) is 49.7. The van der Waals surface area contributed by atoms with Gasteiger partial charge in [-0.05, 0) is 25.0 Å². The molecule has 0 unspecified atom stereocenters. The van der Waals surface area contributed by atoms with E-state index in [0.29, 0.717) is 12.8 Å². The topological polar surface area (TPSA) is 95.6 Å². The van der Waals surface area contributed by atoms with Gasteiger partial charge in [0.25, 0.3) is 0 Å². The number of nitrogens with one attached hydrogen (secondary N) is 2.